The van der Waals surface area contributed by atoms with E-state index in [0.29, 0.717) is 0 Å². The number of nitrogens with one attached hydrogen (secondary N) is 1. The van der Waals surface area contributed by atoms with Crippen molar-refractivity contribution in [1.29, 1.82) is 0 Å². The summed E-state index contributed by atoms with van der Waals surface area (Å²) in [5.41, 5.74) is 7.59. The van der Waals surface area contributed by atoms with Gasteiger partial charge in [-0.3, -0.25) is 0 Å². The van der Waals surface area contributed by atoms with Gasteiger partial charge < -0.3 is 16.0 Å². The Bertz CT molecular complexity index is 387. The van der Waals surface area contributed by atoms with Gasteiger partial charge in [-0.25, -0.2) is 0 Å². The maximum Gasteiger partial charge on any atom is 0.0589 e. The summed E-state index contributed by atoms with van der Waals surface area (Å²) in [5, 5.41) is 4.08. The zero-order valence-electron chi connectivity index (χ0n) is 11.0. The van der Waals surface area contributed by atoms with Crippen molar-refractivity contribution in [2.75, 3.05) is 37.2 Å². The summed E-state index contributed by atoms with van der Waals surface area (Å²) in [6, 6.07) is 5.54. The molecule has 0 radical (unpaired) electrons. The van der Waals surface area contributed by atoms with Crippen molar-refractivity contribution in [2.45, 2.75) is 19.8 Å². The van der Waals surface area contributed by atoms with E-state index in [1.165, 1.54) is 25.9 Å². The lowest BCUT2D eigenvalue weighted by Gasteiger charge is -2.30. The van der Waals surface area contributed by atoms with Crippen molar-refractivity contribution in [1.82, 2.24) is 4.90 Å². The second kappa shape index (κ2) is 6.30. The lowest BCUT2D eigenvalue weighted by molar-refractivity contribution is 0.199. The highest BCUT2D eigenvalue weighted by Gasteiger charge is 2.14. The standard InChI is InChI=1S/C14H22ClN3/c1-11-4-7-18(8-5-11)9-6-17-14-10-12(15)2-3-13(14)16/h2-3,10-11,17H,4-9,16H2,1H3. The van der Waals surface area contributed by atoms with Crippen LogP contribution in [0.4, 0.5) is 11.4 Å². The maximum atomic E-state index is 5.95. The molecule has 3 N–H and O–H groups in total. The number of hydrogen-bond donors (Lipinski definition) is 2. The minimum absolute atomic E-state index is 0.721. The van der Waals surface area contributed by atoms with Gasteiger partial charge in [0.2, 0.25) is 0 Å². The van der Waals surface area contributed by atoms with Crippen LogP contribution in [0.25, 0.3) is 0 Å². The first-order valence-corrected chi connectivity index (χ1v) is 7.04. The summed E-state index contributed by atoms with van der Waals surface area (Å²) >= 11 is 5.95. The Morgan fingerprint density at radius 2 is 2.11 bits per heavy atom. The van der Waals surface area contributed by atoms with E-state index < -0.39 is 0 Å². The molecule has 0 bridgehead atoms. The second-order valence-electron chi connectivity index (χ2n) is 5.18. The van der Waals surface area contributed by atoms with Crippen LogP contribution in [0.5, 0.6) is 0 Å². The highest BCUT2D eigenvalue weighted by Crippen LogP contribution is 2.22. The number of anilines is 2. The Morgan fingerprint density at radius 3 is 2.83 bits per heavy atom. The number of benzene rings is 1. The fraction of sp³-hybridized carbons (Fsp3) is 0.571. The smallest absolute Gasteiger partial charge is 0.0589 e. The number of nitrogens with zero attached hydrogens (tertiary/aromatic N) is 1. The number of likely N-dealkylation sites (tertiary alicyclic amines) is 1. The SMILES string of the molecule is CC1CCN(CCNc2cc(Cl)ccc2N)CC1. The first kappa shape index (κ1) is 13.5. The largest absolute Gasteiger partial charge is 0.397 e. The van der Waals surface area contributed by atoms with Gasteiger partial charge in [0.1, 0.15) is 0 Å². The van der Waals surface area contributed by atoms with Crippen LogP contribution in [-0.2, 0) is 0 Å². The Labute approximate surface area is 114 Å². The molecule has 1 fully saturated rings. The third-order valence-corrected chi connectivity index (χ3v) is 3.87. The summed E-state index contributed by atoms with van der Waals surface area (Å²) in [6.45, 7) is 6.75. The predicted molar refractivity (Wildman–Crippen MR) is 79.2 cm³/mol. The first-order chi connectivity index (χ1) is 8.65. The topological polar surface area (TPSA) is 41.3 Å². The molecule has 1 aromatic rings. The second-order valence-corrected chi connectivity index (χ2v) is 5.62. The number of halogens is 1. The fourth-order valence-corrected chi connectivity index (χ4v) is 2.49. The summed E-state index contributed by atoms with van der Waals surface area (Å²) in [4.78, 5) is 2.51. The molecule has 1 aliphatic rings. The molecule has 0 amide bonds. The summed E-state index contributed by atoms with van der Waals surface area (Å²) in [7, 11) is 0. The lowest BCUT2D eigenvalue weighted by atomic mass is 9.99. The van der Waals surface area contributed by atoms with Crippen molar-refractivity contribution in [3.8, 4) is 0 Å². The van der Waals surface area contributed by atoms with E-state index >= 15 is 0 Å². The molecular weight excluding hydrogens is 246 g/mol. The Hall–Kier alpha value is -0.930. The van der Waals surface area contributed by atoms with E-state index in [2.05, 4.69) is 17.1 Å². The van der Waals surface area contributed by atoms with Crippen LogP contribution in [0.1, 0.15) is 19.8 Å². The molecule has 0 aliphatic carbocycles. The number of rotatable bonds is 4. The van der Waals surface area contributed by atoms with Crippen molar-refractivity contribution in [3.63, 3.8) is 0 Å². The van der Waals surface area contributed by atoms with Gasteiger partial charge in [0.15, 0.2) is 0 Å². The van der Waals surface area contributed by atoms with Crippen molar-refractivity contribution >= 4 is 23.0 Å². The van der Waals surface area contributed by atoms with Gasteiger partial charge >= 0.3 is 0 Å². The van der Waals surface area contributed by atoms with Crippen LogP contribution in [0.3, 0.4) is 0 Å². The van der Waals surface area contributed by atoms with Crippen LogP contribution in [0, 0.1) is 5.92 Å². The zero-order chi connectivity index (χ0) is 13.0. The fourth-order valence-electron chi connectivity index (χ4n) is 2.32. The van der Waals surface area contributed by atoms with E-state index in [4.69, 9.17) is 17.3 Å². The summed E-state index contributed by atoms with van der Waals surface area (Å²) in [5.74, 6) is 0.887. The van der Waals surface area contributed by atoms with Gasteiger partial charge in [0.05, 0.1) is 11.4 Å². The van der Waals surface area contributed by atoms with E-state index in [-0.39, 0.29) is 0 Å². The third-order valence-electron chi connectivity index (χ3n) is 3.64. The maximum absolute atomic E-state index is 5.95. The van der Waals surface area contributed by atoms with E-state index in [1.54, 1.807) is 0 Å². The quantitative estimate of drug-likeness (QED) is 0.824. The molecule has 1 aromatic carbocycles. The zero-order valence-corrected chi connectivity index (χ0v) is 11.7. The predicted octanol–water partition coefficient (Wildman–Crippen LogP) is 3.07. The Balaban J connectivity index is 1.76. The van der Waals surface area contributed by atoms with Crippen LogP contribution < -0.4 is 11.1 Å². The van der Waals surface area contributed by atoms with Gasteiger partial charge in [-0.2, -0.15) is 0 Å². The molecule has 1 saturated heterocycles. The molecule has 0 spiro atoms. The lowest BCUT2D eigenvalue weighted by Crippen LogP contribution is -2.36. The summed E-state index contributed by atoms with van der Waals surface area (Å²) < 4.78 is 0. The number of nitrogens with two attached hydrogens (primary N) is 1. The van der Waals surface area contributed by atoms with Crippen molar-refractivity contribution in [3.05, 3.63) is 23.2 Å². The normalized spacial score (nSPS) is 17.9. The van der Waals surface area contributed by atoms with Gasteiger partial charge in [0, 0.05) is 18.1 Å². The Kier molecular flexibility index (Phi) is 4.72. The highest BCUT2D eigenvalue weighted by atomic mass is 35.5. The molecule has 0 aromatic heterocycles. The molecule has 2 rings (SSSR count). The average molecular weight is 268 g/mol. The van der Waals surface area contributed by atoms with Gasteiger partial charge in [-0.1, -0.05) is 18.5 Å². The minimum atomic E-state index is 0.721. The van der Waals surface area contributed by atoms with Crippen LogP contribution in [0.15, 0.2) is 18.2 Å². The molecule has 100 valence electrons. The van der Waals surface area contributed by atoms with Gasteiger partial charge in [-0.15, -0.1) is 0 Å². The molecular formula is C14H22ClN3. The number of piperidine rings is 1. The number of nitrogen functional groups attached to an aromatic ring is 1. The molecule has 1 heterocycles. The third kappa shape index (κ3) is 3.79. The number of hydrogen-bond acceptors (Lipinski definition) is 3. The van der Waals surface area contributed by atoms with E-state index in [1.807, 2.05) is 18.2 Å². The highest BCUT2D eigenvalue weighted by molar-refractivity contribution is 6.31. The summed E-state index contributed by atoms with van der Waals surface area (Å²) in [6.07, 6.45) is 2.64. The molecule has 18 heavy (non-hydrogen) atoms. The van der Waals surface area contributed by atoms with E-state index in [0.717, 1.165) is 35.4 Å². The minimum Gasteiger partial charge on any atom is -0.397 e. The monoisotopic (exact) mass is 267 g/mol. The van der Waals surface area contributed by atoms with Crippen LogP contribution in [-0.4, -0.2) is 31.1 Å². The molecule has 0 unspecified atom stereocenters. The molecule has 4 heteroatoms. The van der Waals surface area contributed by atoms with E-state index in [9.17, 15) is 0 Å². The van der Waals surface area contributed by atoms with Crippen LogP contribution in [0.2, 0.25) is 5.02 Å². The Morgan fingerprint density at radius 1 is 1.39 bits per heavy atom. The molecule has 0 saturated carbocycles. The molecule has 0 atom stereocenters. The van der Waals surface area contributed by atoms with Gasteiger partial charge in [0.25, 0.3) is 0 Å². The van der Waals surface area contributed by atoms with Gasteiger partial charge in [-0.05, 0) is 50.0 Å². The average Bonchev–Trinajstić information content (AvgIpc) is 2.36. The van der Waals surface area contributed by atoms with Crippen LogP contribution >= 0.6 is 11.6 Å². The molecule has 1 aliphatic heterocycles. The van der Waals surface area contributed by atoms with Crippen molar-refractivity contribution < 1.29 is 0 Å². The van der Waals surface area contributed by atoms with Crippen molar-refractivity contribution in [2.24, 2.45) is 5.92 Å². The first-order valence-electron chi connectivity index (χ1n) is 6.66. The molecule has 3 nitrogen and oxygen atoms in total.